The van der Waals surface area contributed by atoms with Gasteiger partial charge < -0.3 is 15.0 Å². The van der Waals surface area contributed by atoms with Crippen molar-refractivity contribution < 1.29 is 14.3 Å². The van der Waals surface area contributed by atoms with Gasteiger partial charge in [0.05, 0.1) is 12.8 Å². The molecule has 8 heteroatoms. The monoisotopic (exact) mass is 443 g/mol. The van der Waals surface area contributed by atoms with Crippen molar-refractivity contribution in [3.8, 4) is 16.3 Å². The van der Waals surface area contributed by atoms with Gasteiger partial charge in [-0.05, 0) is 30.7 Å². The lowest BCUT2D eigenvalue weighted by Crippen LogP contribution is -2.38. The van der Waals surface area contributed by atoms with Crippen LogP contribution < -0.4 is 10.1 Å². The first-order chi connectivity index (χ1) is 14.5. The third-order valence-electron chi connectivity index (χ3n) is 4.31. The number of nitrogens with zero attached hydrogens (tertiary/aromatic N) is 2. The van der Waals surface area contributed by atoms with Crippen LogP contribution >= 0.6 is 22.9 Å². The minimum atomic E-state index is -0.297. The van der Waals surface area contributed by atoms with Crippen LogP contribution in [0.2, 0.25) is 5.02 Å². The molecular weight excluding hydrogens is 422 g/mol. The van der Waals surface area contributed by atoms with Gasteiger partial charge in [0.1, 0.15) is 23.0 Å². The van der Waals surface area contributed by atoms with Gasteiger partial charge in [-0.1, -0.05) is 42.8 Å². The van der Waals surface area contributed by atoms with Gasteiger partial charge in [0.2, 0.25) is 5.91 Å². The molecule has 2 amide bonds. The molecule has 1 heterocycles. The number of amides is 2. The van der Waals surface area contributed by atoms with E-state index in [0.717, 1.165) is 17.0 Å². The average Bonchev–Trinajstić information content (AvgIpc) is 3.24. The molecule has 0 aliphatic carbocycles. The third kappa shape index (κ3) is 5.37. The number of nitrogens with one attached hydrogen (secondary N) is 1. The van der Waals surface area contributed by atoms with Crippen LogP contribution in [0.15, 0.2) is 53.9 Å². The largest absolute Gasteiger partial charge is 0.495 e. The number of anilines is 1. The fraction of sp³-hybridized carbons (Fsp3) is 0.227. The number of para-hydroxylation sites is 2. The Morgan fingerprint density at radius 1 is 1.17 bits per heavy atom. The van der Waals surface area contributed by atoms with Crippen molar-refractivity contribution in [3.05, 3.63) is 64.6 Å². The highest BCUT2D eigenvalue weighted by Gasteiger charge is 2.21. The van der Waals surface area contributed by atoms with Gasteiger partial charge in [0.15, 0.2) is 0 Å². The van der Waals surface area contributed by atoms with Crippen LogP contribution in [0, 0.1) is 0 Å². The molecule has 1 aromatic heterocycles. The molecule has 2 aromatic carbocycles. The van der Waals surface area contributed by atoms with Crippen molar-refractivity contribution in [2.75, 3.05) is 25.5 Å². The highest BCUT2D eigenvalue weighted by Crippen LogP contribution is 2.26. The lowest BCUT2D eigenvalue weighted by atomic mass is 10.2. The molecular formula is C22H22ClN3O3S. The summed E-state index contributed by atoms with van der Waals surface area (Å²) in [6.07, 6.45) is 0.724. The first-order valence-corrected chi connectivity index (χ1v) is 10.7. The van der Waals surface area contributed by atoms with E-state index < -0.39 is 0 Å². The average molecular weight is 444 g/mol. The standard InChI is InChI=1S/C22H22ClN3O3S/c1-3-12-26(13-20(27)24-17-6-4-5-7-19(17)29-2)22(28)18-14-30-21(25-18)15-8-10-16(23)11-9-15/h4-11,14H,3,12-13H2,1-2H3,(H,24,27). The lowest BCUT2D eigenvalue weighted by molar-refractivity contribution is -0.116. The SMILES string of the molecule is CCCN(CC(=O)Nc1ccccc1OC)C(=O)c1csc(-c2ccc(Cl)cc2)n1. The number of hydrogen-bond acceptors (Lipinski definition) is 5. The molecule has 0 atom stereocenters. The van der Waals surface area contributed by atoms with Crippen molar-refractivity contribution in [2.45, 2.75) is 13.3 Å². The number of methoxy groups -OCH3 is 1. The molecule has 0 aliphatic rings. The third-order valence-corrected chi connectivity index (χ3v) is 5.45. The summed E-state index contributed by atoms with van der Waals surface area (Å²) in [5.74, 6) is -0.00994. The number of hydrogen-bond donors (Lipinski definition) is 1. The van der Waals surface area contributed by atoms with E-state index in [0.29, 0.717) is 28.7 Å². The predicted octanol–water partition coefficient (Wildman–Crippen LogP) is 4.96. The molecule has 0 aliphatic heterocycles. The quantitative estimate of drug-likeness (QED) is 0.534. The molecule has 6 nitrogen and oxygen atoms in total. The number of carbonyl (C=O) groups excluding carboxylic acids is 2. The molecule has 0 fully saturated rings. The summed E-state index contributed by atoms with van der Waals surface area (Å²) in [6.45, 7) is 2.34. The molecule has 156 valence electrons. The van der Waals surface area contributed by atoms with Crippen molar-refractivity contribution in [1.82, 2.24) is 9.88 Å². The second-order valence-electron chi connectivity index (χ2n) is 6.52. The minimum Gasteiger partial charge on any atom is -0.495 e. The van der Waals surface area contributed by atoms with Gasteiger partial charge in [-0.15, -0.1) is 11.3 Å². The summed E-state index contributed by atoms with van der Waals surface area (Å²) in [5.41, 5.74) is 1.77. The number of thiazole rings is 1. The zero-order valence-corrected chi connectivity index (χ0v) is 18.3. The molecule has 3 rings (SSSR count). The van der Waals surface area contributed by atoms with Crippen LogP contribution in [0.4, 0.5) is 5.69 Å². The normalized spacial score (nSPS) is 10.5. The summed E-state index contributed by atoms with van der Waals surface area (Å²) < 4.78 is 5.26. The van der Waals surface area contributed by atoms with Crippen LogP contribution in [0.3, 0.4) is 0 Å². The highest BCUT2D eigenvalue weighted by atomic mass is 35.5. The van der Waals surface area contributed by atoms with E-state index in [2.05, 4.69) is 10.3 Å². The van der Waals surface area contributed by atoms with E-state index in [1.807, 2.05) is 25.1 Å². The number of ether oxygens (including phenoxy) is 1. The van der Waals surface area contributed by atoms with Crippen LogP contribution in [0.1, 0.15) is 23.8 Å². The Hall–Kier alpha value is -2.90. The van der Waals surface area contributed by atoms with Crippen LogP contribution in [-0.4, -0.2) is 41.9 Å². The highest BCUT2D eigenvalue weighted by molar-refractivity contribution is 7.13. The van der Waals surface area contributed by atoms with Crippen molar-refractivity contribution in [2.24, 2.45) is 0 Å². The zero-order chi connectivity index (χ0) is 21.5. The number of rotatable bonds is 8. The second kappa shape index (κ2) is 10.2. The Kier molecular flexibility index (Phi) is 7.43. The topological polar surface area (TPSA) is 71.5 Å². The maximum Gasteiger partial charge on any atom is 0.273 e. The Morgan fingerprint density at radius 2 is 1.90 bits per heavy atom. The van der Waals surface area contributed by atoms with Crippen molar-refractivity contribution in [3.63, 3.8) is 0 Å². The zero-order valence-electron chi connectivity index (χ0n) is 16.7. The molecule has 1 N–H and O–H groups in total. The van der Waals surface area contributed by atoms with Crippen LogP contribution in [0.5, 0.6) is 5.75 Å². The molecule has 0 unspecified atom stereocenters. The maximum atomic E-state index is 13.0. The lowest BCUT2D eigenvalue weighted by Gasteiger charge is -2.21. The van der Waals surface area contributed by atoms with Gasteiger partial charge in [-0.25, -0.2) is 4.98 Å². The first-order valence-electron chi connectivity index (χ1n) is 9.45. The Morgan fingerprint density at radius 3 is 2.60 bits per heavy atom. The van der Waals surface area contributed by atoms with E-state index >= 15 is 0 Å². The van der Waals surface area contributed by atoms with Gasteiger partial charge in [-0.3, -0.25) is 9.59 Å². The molecule has 0 spiro atoms. The fourth-order valence-electron chi connectivity index (χ4n) is 2.89. The van der Waals surface area contributed by atoms with Gasteiger partial charge >= 0.3 is 0 Å². The number of carbonyl (C=O) groups is 2. The van der Waals surface area contributed by atoms with Gasteiger partial charge in [0, 0.05) is 22.5 Å². The van der Waals surface area contributed by atoms with Crippen LogP contribution in [0.25, 0.3) is 10.6 Å². The van der Waals surface area contributed by atoms with Gasteiger partial charge in [-0.2, -0.15) is 0 Å². The summed E-state index contributed by atoms with van der Waals surface area (Å²) in [7, 11) is 1.54. The van der Waals surface area contributed by atoms with Crippen molar-refractivity contribution >= 4 is 40.4 Å². The molecule has 0 bridgehead atoms. The Balaban J connectivity index is 1.71. The molecule has 0 saturated carbocycles. The van der Waals surface area contributed by atoms with E-state index in [1.165, 1.54) is 16.2 Å². The van der Waals surface area contributed by atoms with E-state index in [4.69, 9.17) is 16.3 Å². The van der Waals surface area contributed by atoms with E-state index in [1.54, 1.807) is 42.8 Å². The number of halogens is 1. The minimum absolute atomic E-state index is 0.0709. The smallest absolute Gasteiger partial charge is 0.273 e. The molecule has 3 aromatic rings. The summed E-state index contributed by atoms with van der Waals surface area (Å²) >= 11 is 7.31. The number of aromatic nitrogens is 1. The Bertz CT molecular complexity index is 1020. The van der Waals surface area contributed by atoms with Crippen molar-refractivity contribution in [1.29, 1.82) is 0 Å². The van der Waals surface area contributed by atoms with E-state index in [-0.39, 0.29) is 18.4 Å². The number of benzene rings is 2. The first kappa shape index (κ1) is 21.8. The summed E-state index contributed by atoms with van der Waals surface area (Å²) in [6, 6.07) is 14.4. The van der Waals surface area contributed by atoms with Crippen LogP contribution in [-0.2, 0) is 4.79 Å². The molecule has 0 radical (unpaired) electrons. The Labute approximate surface area is 184 Å². The molecule has 30 heavy (non-hydrogen) atoms. The molecule has 0 saturated heterocycles. The maximum absolute atomic E-state index is 13.0. The van der Waals surface area contributed by atoms with Gasteiger partial charge in [0.25, 0.3) is 5.91 Å². The fourth-order valence-corrected chi connectivity index (χ4v) is 3.82. The van der Waals surface area contributed by atoms with E-state index in [9.17, 15) is 9.59 Å². The summed E-state index contributed by atoms with van der Waals surface area (Å²) in [4.78, 5) is 31.5. The second-order valence-corrected chi connectivity index (χ2v) is 7.81. The predicted molar refractivity (Wildman–Crippen MR) is 120 cm³/mol. The summed E-state index contributed by atoms with van der Waals surface area (Å²) in [5, 5.41) is 5.89.